The molecule has 3 rings (SSSR count). The van der Waals surface area contributed by atoms with Gasteiger partial charge in [0.1, 0.15) is 5.15 Å². The third kappa shape index (κ3) is 2.30. The first-order valence-corrected chi connectivity index (χ1v) is 6.38. The van der Waals surface area contributed by atoms with Crippen LogP contribution in [0.3, 0.4) is 0 Å². The van der Waals surface area contributed by atoms with Gasteiger partial charge in [0, 0.05) is 22.0 Å². The molecule has 4 heteroatoms. The molecule has 1 aromatic carbocycles. The maximum absolute atomic E-state index is 5.86. The van der Waals surface area contributed by atoms with E-state index in [1.807, 2.05) is 24.3 Å². The minimum atomic E-state index is 0.520. The highest BCUT2D eigenvalue weighted by atomic mass is 35.5. The summed E-state index contributed by atoms with van der Waals surface area (Å²) in [7, 11) is 0. The molecule has 0 saturated carbocycles. The number of fused-ring (bicyclic) bond motifs is 1. The Labute approximate surface area is 108 Å². The molecule has 0 saturated heterocycles. The number of nitrogens with one attached hydrogen (secondary N) is 1. The molecule has 0 radical (unpaired) electrons. The molecule has 0 aliphatic heterocycles. The summed E-state index contributed by atoms with van der Waals surface area (Å²) in [4.78, 5) is 8.41. The number of nitrogens with zero attached hydrogens (tertiary/aromatic N) is 1. The highest BCUT2D eigenvalue weighted by Gasteiger charge is 2.02. The summed E-state index contributed by atoms with van der Waals surface area (Å²) in [6, 6.07) is 14.2. The van der Waals surface area contributed by atoms with Crippen LogP contribution in [0.4, 0.5) is 0 Å². The van der Waals surface area contributed by atoms with Crippen molar-refractivity contribution in [2.24, 2.45) is 0 Å². The molecule has 1 N–H and O–H groups in total. The van der Waals surface area contributed by atoms with Crippen molar-refractivity contribution in [1.29, 1.82) is 0 Å². The normalized spacial score (nSPS) is 10.9. The molecule has 17 heavy (non-hydrogen) atoms. The zero-order valence-electron chi connectivity index (χ0n) is 8.85. The molecule has 0 atom stereocenters. The van der Waals surface area contributed by atoms with Gasteiger partial charge in [-0.3, -0.25) is 0 Å². The highest BCUT2D eigenvalue weighted by molar-refractivity contribution is 7.99. The smallest absolute Gasteiger partial charge is 0.130 e. The molecule has 0 spiro atoms. The summed E-state index contributed by atoms with van der Waals surface area (Å²) in [6.45, 7) is 0. The second-order valence-electron chi connectivity index (χ2n) is 3.64. The van der Waals surface area contributed by atoms with Gasteiger partial charge in [-0.2, -0.15) is 0 Å². The van der Waals surface area contributed by atoms with Crippen LogP contribution in [0, 0.1) is 0 Å². The molecule has 0 aliphatic rings. The molecule has 2 heterocycles. The van der Waals surface area contributed by atoms with Gasteiger partial charge in [0.2, 0.25) is 0 Å². The summed E-state index contributed by atoms with van der Waals surface area (Å²) in [6.07, 6.45) is 1.72. The number of hydrogen-bond donors (Lipinski definition) is 1. The maximum atomic E-state index is 5.86. The number of pyridine rings is 1. The molecular formula is C13H9ClN2S. The van der Waals surface area contributed by atoms with Crippen LogP contribution in [0.15, 0.2) is 58.6 Å². The van der Waals surface area contributed by atoms with Crippen LogP contribution < -0.4 is 0 Å². The quantitative estimate of drug-likeness (QED) is 0.693. The Morgan fingerprint density at radius 2 is 2.00 bits per heavy atom. The summed E-state index contributed by atoms with van der Waals surface area (Å²) in [5.74, 6) is 0. The number of para-hydroxylation sites is 1. The standard InChI is InChI=1S/C13H9ClN2S/c14-12-8-10(5-6-15-12)17-13-7-9-3-1-2-4-11(9)16-13/h1-8,16H. The Hall–Kier alpha value is -1.45. The fourth-order valence-corrected chi connectivity index (χ4v) is 2.82. The molecule has 84 valence electrons. The van der Waals surface area contributed by atoms with E-state index in [9.17, 15) is 0 Å². The van der Waals surface area contributed by atoms with Gasteiger partial charge in [-0.25, -0.2) is 4.98 Å². The molecule has 0 fully saturated rings. The largest absolute Gasteiger partial charge is 0.349 e. The lowest BCUT2D eigenvalue weighted by Gasteiger charge is -1.98. The van der Waals surface area contributed by atoms with Crippen molar-refractivity contribution in [2.75, 3.05) is 0 Å². The van der Waals surface area contributed by atoms with Gasteiger partial charge in [0.05, 0.1) is 5.03 Å². The zero-order valence-corrected chi connectivity index (χ0v) is 10.4. The Bertz CT molecular complexity index is 630. The Kier molecular flexibility index (Phi) is 2.79. The predicted molar refractivity (Wildman–Crippen MR) is 71.7 cm³/mol. The van der Waals surface area contributed by atoms with Gasteiger partial charge >= 0.3 is 0 Å². The van der Waals surface area contributed by atoms with Crippen LogP contribution in [0.25, 0.3) is 10.9 Å². The monoisotopic (exact) mass is 260 g/mol. The van der Waals surface area contributed by atoms with E-state index in [1.54, 1.807) is 18.0 Å². The van der Waals surface area contributed by atoms with E-state index in [0.29, 0.717) is 5.15 Å². The van der Waals surface area contributed by atoms with Crippen LogP contribution in [0.2, 0.25) is 5.15 Å². The number of H-pyrrole nitrogens is 1. The minimum Gasteiger partial charge on any atom is -0.349 e. The first-order valence-electron chi connectivity index (χ1n) is 5.18. The first kappa shape index (κ1) is 10.7. The van der Waals surface area contributed by atoms with Crippen molar-refractivity contribution < 1.29 is 0 Å². The Morgan fingerprint density at radius 1 is 1.12 bits per heavy atom. The van der Waals surface area contributed by atoms with Crippen LogP contribution >= 0.6 is 23.4 Å². The van der Waals surface area contributed by atoms with Crippen LogP contribution in [-0.2, 0) is 0 Å². The van der Waals surface area contributed by atoms with E-state index in [1.165, 1.54) is 5.39 Å². The number of halogens is 1. The molecule has 2 aromatic heterocycles. The van der Waals surface area contributed by atoms with Crippen LogP contribution in [0.5, 0.6) is 0 Å². The van der Waals surface area contributed by atoms with Crippen molar-refractivity contribution in [1.82, 2.24) is 9.97 Å². The second kappa shape index (κ2) is 4.43. The minimum absolute atomic E-state index is 0.520. The molecule has 0 bridgehead atoms. The van der Waals surface area contributed by atoms with Gasteiger partial charge in [-0.05, 0) is 24.3 Å². The van der Waals surface area contributed by atoms with Gasteiger partial charge in [-0.1, -0.05) is 41.6 Å². The Morgan fingerprint density at radius 3 is 2.82 bits per heavy atom. The third-order valence-electron chi connectivity index (χ3n) is 2.43. The number of aromatic amines is 1. The molecule has 3 aromatic rings. The van der Waals surface area contributed by atoms with E-state index >= 15 is 0 Å². The summed E-state index contributed by atoms with van der Waals surface area (Å²) in [5, 5.41) is 2.84. The van der Waals surface area contributed by atoms with Gasteiger partial charge in [0.15, 0.2) is 0 Å². The second-order valence-corrected chi connectivity index (χ2v) is 5.14. The first-order chi connectivity index (χ1) is 8.31. The van der Waals surface area contributed by atoms with Crippen molar-refractivity contribution >= 4 is 34.3 Å². The predicted octanol–water partition coefficient (Wildman–Crippen LogP) is 4.37. The van der Waals surface area contributed by atoms with Crippen LogP contribution in [-0.4, -0.2) is 9.97 Å². The maximum Gasteiger partial charge on any atom is 0.130 e. The zero-order chi connectivity index (χ0) is 11.7. The van der Waals surface area contributed by atoms with Gasteiger partial charge < -0.3 is 4.98 Å². The van der Waals surface area contributed by atoms with E-state index < -0.39 is 0 Å². The number of rotatable bonds is 2. The average molecular weight is 261 g/mol. The SMILES string of the molecule is Clc1cc(Sc2cc3ccccc3[nH]2)ccn1. The fraction of sp³-hybridized carbons (Fsp3) is 0. The van der Waals surface area contributed by atoms with E-state index in [4.69, 9.17) is 11.6 Å². The van der Waals surface area contributed by atoms with E-state index in [0.717, 1.165) is 15.4 Å². The molecular weight excluding hydrogens is 252 g/mol. The van der Waals surface area contributed by atoms with Crippen molar-refractivity contribution in [3.8, 4) is 0 Å². The lowest BCUT2D eigenvalue weighted by Crippen LogP contribution is -1.76. The summed E-state index contributed by atoms with van der Waals surface area (Å²) >= 11 is 7.50. The van der Waals surface area contributed by atoms with Gasteiger partial charge in [0.25, 0.3) is 0 Å². The van der Waals surface area contributed by atoms with E-state index in [-0.39, 0.29) is 0 Å². The highest BCUT2D eigenvalue weighted by Crippen LogP contribution is 2.30. The number of aromatic nitrogens is 2. The summed E-state index contributed by atoms with van der Waals surface area (Å²) in [5.41, 5.74) is 1.15. The third-order valence-corrected chi connectivity index (χ3v) is 3.57. The van der Waals surface area contributed by atoms with Crippen molar-refractivity contribution in [3.05, 3.63) is 53.8 Å². The lowest BCUT2D eigenvalue weighted by molar-refractivity contribution is 1.22. The number of benzene rings is 1. The number of hydrogen-bond acceptors (Lipinski definition) is 2. The molecule has 2 nitrogen and oxygen atoms in total. The Balaban J connectivity index is 1.94. The fourth-order valence-electron chi connectivity index (χ4n) is 1.68. The topological polar surface area (TPSA) is 28.7 Å². The van der Waals surface area contributed by atoms with Crippen molar-refractivity contribution in [2.45, 2.75) is 9.92 Å². The van der Waals surface area contributed by atoms with Crippen molar-refractivity contribution in [3.63, 3.8) is 0 Å². The van der Waals surface area contributed by atoms with Gasteiger partial charge in [-0.15, -0.1) is 0 Å². The lowest BCUT2D eigenvalue weighted by atomic mass is 10.3. The van der Waals surface area contributed by atoms with Crippen LogP contribution in [0.1, 0.15) is 0 Å². The van der Waals surface area contributed by atoms with E-state index in [2.05, 4.69) is 28.2 Å². The molecule has 0 amide bonds. The molecule has 0 aliphatic carbocycles. The average Bonchev–Trinajstić information content (AvgIpc) is 2.71. The molecule has 0 unspecified atom stereocenters. The summed E-state index contributed by atoms with van der Waals surface area (Å²) < 4.78 is 0.